The van der Waals surface area contributed by atoms with Crippen LogP contribution in [0.2, 0.25) is 0 Å². The molecule has 0 radical (unpaired) electrons. The van der Waals surface area contributed by atoms with Crippen molar-refractivity contribution in [2.45, 2.75) is 33.7 Å². The highest BCUT2D eigenvalue weighted by Crippen LogP contribution is 2.20. The molecule has 0 bridgehead atoms. The van der Waals surface area contributed by atoms with E-state index >= 15 is 0 Å². The average molecular weight is 234 g/mol. The first-order valence-electron chi connectivity index (χ1n) is 6.41. The molecule has 0 amide bonds. The normalized spacial score (nSPS) is 12.9. The third-order valence-corrected chi connectivity index (χ3v) is 3.41. The molecule has 17 heavy (non-hydrogen) atoms. The molecule has 2 heteroatoms. The molecule has 96 valence electrons. The fourth-order valence-electron chi connectivity index (χ4n) is 2.26. The van der Waals surface area contributed by atoms with Crippen LogP contribution in [0.15, 0.2) is 18.2 Å². The van der Waals surface area contributed by atoms with E-state index in [-0.39, 0.29) is 0 Å². The molecule has 0 spiro atoms. The Bertz CT molecular complexity index is 358. The molecule has 0 fully saturated rings. The van der Waals surface area contributed by atoms with Crippen LogP contribution >= 0.6 is 0 Å². The SMILES string of the molecule is CNC(CN(C)c1ccc(C)cc1C)C(C)C. The summed E-state index contributed by atoms with van der Waals surface area (Å²) < 4.78 is 0. The first kappa shape index (κ1) is 14.0. The second-order valence-electron chi connectivity index (χ2n) is 5.31. The number of nitrogens with one attached hydrogen (secondary N) is 1. The van der Waals surface area contributed by atoms with Crippen molar-refractivity contribution >= 4 is 5.69 Å². The molecular formula is C15H26N2. The first-order valence-corrected chi connectivity index (χ1v) is 6.41. The van der Waals surface area contributed by atoms with Gasteiger partial charge in [0, 0.05) is 25.3 Å². The van der Waals surface area contributed by atoms with Gasteiger partial charge in [0.15, 0.2) is 0 Å². The minimum absolute atomic E-state index is 0.528. The fraction of sp³-hybridized carbons (Fsp3) is 0.600. The number of rotatable bonds is 5. The van der Waals surface area contributed by atoms with Gasteiger partial charge >= 0.3 is 0 Å². The number of hydrogen-bond acceptors (Lipinski definition) is 2. The highest BCUT2D eigenvalue weighted by Gasteiger charge is 2.14. The van der Waals surface area contributed by atoms with Crippen molar-refractivity contribution in [1.82, 2.24) is 5.32 Å². The number of nitrogens with zero attached hydrogens (tertiary/aromatic N) is 1. The molecule has 2 nitrogen and oxygen atoms in total. The van der Waals surface area contributed by atoms with Gasteiger partial charge in [-0.25, -0.2) is 0 Å². The summed E-state index contributed by atoms with van der Waals surface area (Å²) in [5.74, 6) is 0.646. The Morgan fingerprint density at radius 2 is 1.88 bits per heavy atom. The largest absolute Gasteiger partial charge is 0.373 e. The molecule has 1 aromatic rings. The molecule has 0 aliphatic heterocycles. The summed E-state index contributed by atoms with van der Waals surface area (Å²) >= 11 is 0. The van der Waals surface area contributed by atoms with Gasteiger partial charge in [0.05, 0.1) is 0 Å². The lowest BCUT2D eigenvalue weighted by Crippen LogP contribution is -2.41. The minimum atomic E-state index is 0.528. The van der Waals surface area contributed by atoms with Gasteiger partial charge < -0.3 is 10.2 Å². The summed E-state index contributed by atoms with van der Waals surface area (Å²) in [5.41, 5.74) is 4.01. The van der Waals surface area contributed by atoms with Gasteiger partial charge in [0.25, 0.3) is 0 Å². The molecule has 0 aliphatic rings. The van der Waals surface area contributed by atoms with Gasteiger partial charge in [-0.3, -0.25) is 0 Å². The number of hydrogen-bond donors (Lipinski definition) is 1. The maximum Gasteiger partial charge on any atom is 0.0394 e. The molecule has 1 rings (SSSR count). The van der Waals surface area contributed by atoms with Gasteiger partial charge in [0.1, 0.15) is 0 Å². The van der Waals surface area contributed by atoms with E-state index in [1.54, 1.807) is 0 Å². The van der Waals surface area contributed by atoms with Gasteiger partial charge in [-0.1, -0.05) is 31.5 Å². The second-order valence-corrected chi connectivity index (χ2v) is 5.31. The third kappa shape index (κ3) is 3.74. The summed E-state index contributed by atoms with van der Waals surface area (Å²) in [6.07, 6.45) is 0. The maximum atomic E-state index is 3.39. The van der Waals surface area contributed by atoms with Crippen molar-refractivity contribution in [2.24, 2.45) is 5.92 Å². The van der Waals surface area contributed by atoms with E-state index in [0.717, 1.165) is 6.54 Å². The molecule has 0 aromatic heterocycles. The molecule has 1 aromatic carbocycles. The van der Waals surface area contributed by atoms with Crippen molar-refractivity contribution in [2.75, 3.05) is 25.5 Å². The average Bonchev–Trinajstić information content (AvgIpc) is 2.24. The Hall–Kier alpha value is -1.02. The zero-order valence-corrected chi connectivity index (χ0v) is 12.0. The van der Waals surface area contributed by atoms with E-state index in [1.165, 1.54) is 16.8 Å². The fourth-order valence-corrected chi connectivity index (χ4v) is 2.26. The smallest absolute Gasteiger partial charge is 0.0394 e. The summed E-state index contributed by atoms with van der Waals surface area (Å²) in [5, 5.41) is 3.39. The predicted molar refractivity (Wildman–Crippen MR) is 76.9 cm³/mol. The Morgan fingerprint density at radius 3 is 2.35 bits per heavy atom. The highest BCUT2D eigenvalue weighted by atomic mass is 15.1. The van der Waals surface area contributed by atoms with E-state index in [4.69, 9.17) is 0 Å². The van der Waals surface area contributed by atoms with Gasteiger partial charge in [0.2, 0.25) is 0 Å². The van der Waals surface area contributed by atoms with Crippen molar-refractivity contribution in [3.63, 3.8) is 0 Å². The monoisotopic (exact) mass is 234 g/mol. The van der Waals surface area contributed by atoms with Gasteiger partial charge in [-0.05, 0) is 38.4 Å². The van der Waals surface area contributed by atoms with Crippen molar-refractivity contribution < 1.29 is 0 Å². The first-order chi connectivity index (χ1) is 7.95. The Kier molecular flexibility index (Phi) is 5.01. The minimum Gasteiger partial charge on any atom is -0.373 e. The van der Waals surface area contributed by atoms with E-state index in [9.17, 15) is 0 Å². The molecule has 1 unspecified atom stereocenters. The Morgan fingerprint density at radius 1 is 1.24 bits per heavy atom. The van der Waals surface area contributed by atoms with Crippen LogP contribution < -0.4 is 10.2 Å². The standard InChI is InChI=1S/C15H26N2/c1-11(2)14(16-5)10-17(6)15-8-7-12(3)9-13(15)4/h7-9,11,14,16H,10H2,1-6H3. The number of benzene rings is 1. The zero-order chi connectivity index (χ0) is 13.0. The summed E-state index contributed by atoms with van der Waals surface area (Å²) in [6, 6.07) is 7.18. The van der Waals surface area contributed by atoms with Crippen molar-refractivity contribution in [3.05, 3.63) is 29.3 Å². The van der Waals surface area contributed by atoms with Crippen molar-refractivity contribution in [1.29, 1.82) is 0 Å². The van der Waals surface area contributed by atoms with Gasteiger partial charge in [-0.2, -0.15) is 0 Å². The summed E-state index contributed by atoms with van der Waals surface area (Å²) in [4.78, 5) is 2.34. The molecule has 1 atom stereocenters. The van der Waals surface area contributed by atoms with Crippen LogP contribution in [0.1, 0.15) is 25.0 Å². The highest BCUT2D eigenvalue weighted by molar-refractivity contribution is 5.53. The third-order valence-electron chi connectivity index (χ3n) is 3.41. The lowest BCUT2D eigenvalue weighted by Gasteiger charge is -2.29. The topological polar surface area (TPSA) is 15.3 Å². The zero-order valence-electron chi connectivity index (χ0n) is 12.0. The van der Waals surface area contributed by atoms with Crippen LogP contribution in [0.4, 0.5) is 5.69 Å². The molecule has 0 saturated heterocycles. The summed E-state index contributed by atoms with van der Waals surface area (Å²) in [7, 11) is 4.21. The molecule has 1 N–H and O–H groups in total. The van der Waals surface area contributed by atoms with E-state index in [0.29, 0.717) is 12.0 Å². The number of aryl methyl sites for hydroxylation is 2. The van der Waals surface area contributed by atoms with Crippen molar-refractivity contribution in [3.8, 4) is 0 Å². The Balaban J connectivity index is 2.78. The van der Waals surface area contributed by atoms with E-state index < -0.39 is 0 Å². The Labute approximate surface area is 106 Å². The van der Waals surface area contributed by atoms with Crippen LogP contribution in [0, 0.1) is 19.8 Å². The molecular weight excluding hydrogens is 208 g/mol. The summed E-state index contributed by atoms with van der Waals surface area (Å²) in [6.45, 7) is 9.88. The molecule has 0 saturated carbocycles. The van der Waals surface area contributed by atoms with Crippen LogP contribution in [0.3, 0.4) is 0 Å². The lowest BCUT2D eigenvalue weighted by atomic mass is 10.0. The van der Waals surface area contributed by atoms with Crippen LogP contribution in [-0.4, -0.2) is 26.7 Å². The van der Waals surface area contributed by atoms with Crippen LogP contribution in [0.25, 0.3) is 0 Å². The van der Waals surface area contributed by atoms with E-state index in [1.807, 2.05) is 7.05 Å². The number of likely N-dealkylation sites (N-methyl/N-ethyl adjacent to an activating group) is 2. The lowest BCUT2D eigenvalue weighted by molar-refractivity contribution is 0.429. The second kappa shape index (κ2) is 6.06. The number of anilines is 1. The van der Waals surface area contributed by atoms with Gasteiger partial charge in [-0.15, -0.1) is 0 Å². The maximum absolute atomic E-state index is 3.39. The quantitative estimate of drug-likeness (QED) is 0.842. The molecule has 0 aliphatic carbocycles. The predicted octanol–water partition coefficient (Wildman–Crippen LogP) is 2.98. The van der Waals surface area contributed by atoms with Crippen LogP contribution in [-0.2, 0) is 0 Å². The van der Waals surface area contributed by atoms with Crippen LogP contribution in [0.5, 0.6) is 0 Å². The van der Waals surface area contributed by atoms with E-state index in [2.05, 4.69) is 63.2 Å². The molecule has 0 heterocycles.